The molecule has 112 valence electrons. The van der Waals surface area contributed by atoms with Crippen LogP contribution < -0.4 is 0 Å². The van der Waals surface area contributed by atoms with E-state index in [1.165, 1.54) is 45.2 Å². The molecule has 3 aromatic heterocycles. The van der Waals surface area contributed by atoms with Crippen LogP contribution in [-0.4, -0.2) is 34.0 Å². The van der Waals surface area contributed by atoms with Gasteiger partial charge in [-0.25, -0.2) is 0 Å². The number of benzene rings is 3. The summed E-state index contributed by atoms with van der Waals surface area (Å²) < 4.78 is 6.01. The van der Waals surface area contributed by atoms with Crippen molar-refractivity contribution in [3.8, 4) is 0 Å². The number of pyridine rings is 1. The number of hydrogen-bond acceptors (Lipinski definition) is 1. The van der Waals surface area contributed by atoms with Gasteiger partial charge in [-0.3, -0.25) is 0 Å². The van der Waals surface area contributed by atoms with Gasteiger partial charge in [0.1, 0.15) is 0 Å². The zero-order valence-electron chi connectivity index (χ0n) is 12.6. The van der Waals surface area contributed by atoms with Crippen LogP contribution in [0.15, 0.2) is 66.9 Å². The average Bonchev–Trinajstić information content (AvgIpc) is 2.94. The third kappa shape index (κ3) is 1.68. The maximum absolute atomic E-state index is 4.92. The van der Waals surface area contributed by atoms with E-state index in [0.717, 1.165) is 0 Å². The minimum atomic E-state index is 0.283. The van der Waals surface area contributed by atoms with Crippen LogP contribution >= 0.6 is 0 Å². The van der Waals surface area contributed by atoms with Crippen molar-refractivity contribution in [3.05, 3.63) is 66.9 Å². The summed E-state index contributed by atoms with van der Waals surface area (Å²) in [4.78, 5) is 4.92. The number of hydrogen-bond donors (Lipinski definition) is 0. The van der Waals surface area contributed by atoms with Gasteiger partial charge in [-0.2, -0.15) is 0 Å². The summed E-state index contributed by atoms with van der Waals surface area (Å²) in [5.74, 6) is 0. The molecule has 0 radical (unpaired) electrons. The second kappa shape index (κ2) is 4.81. The first kappa shape index (κ1) is 13.4. The van der Waals surface area contributed by atoms with Gasteiger partial charge in [-0.05, 0) is 0 Å². The summed E-state index contributed by atoms with van der Waals surface area (Å²) in [5.41, 5.74) is 1.20. The summed E-state index contributed by atoms with van der Waals surface area (Å²) in [5, 5.41) is 6.93. The summed E-state index contributed by atoms with van der Waals surface area (Å²) in [7, 11) is 0. The monoisotopic (exact) mass is 437 g/mol. The van der Waals surface area contributed by atoms with Crippen LogP contribution in [0.2, 0.25) is 0 Å². The van der Waals surface area contributed by atoms with Crippen LogP contribution in [0.25, 0.3) is 49.5 Å². The summed E-state index contributed by atoms with van der Waals surface area (Å²) in [6, 6.07) is 22.4. The number of nitrogens with zero attached hydrogens (tertiary/aromatic N) is 1. The van der Waals surface area contributed by atoms with Crippen molar-refractivity contribution in [1.82, 2.24) is 4.98 Å². The fraction of sp³-hybridized carbons (Fsp3) is 0. The Labute approximate surface area is 150 Å². The van der Waals surface area contributed by atoms with Crippen LogP contribution in [0.4, 0.5) is 0 Å². The van der Waals surface area contributed by atoms with E-state index in [1.807, 2.05) is 6.20 Å². The Morgan fingerprint density at radius 1 is 0.625 bits per heavy atom. The van der Waals surface area contributed by atoms with E-state index in [1.54, 1.807) is 4.26 Å². The SMILES string of the molecule is c1ccc2c(c1)cnc1c3cccc4[se]c5cccc([se]c21)c5c43. The van der Waals surface area contributed by atoms with Gasteiger partial charge >= 0.3 is 150 Å². The third-order valence-corrected chi connectivity index (χ3v) is 9.53. The molecule has 0 bridgehead atoms. The predicted molar refractivity (Wildman–Crippen MR) is 106 cm³/mol. The molecule has 0 amide bonds. The molecule has 0 aliphatic rings. The van der Waals surface area contributed by atoms with Gasteiger partial charge in [0.25, 0.3) is 0 Å². The van der Waals surface area contributed by atoms with Crippen molar-refractivity contribution in [3.63, 3.8) is 0 Å². The third-order valence-electron chi connectivity index (χ3n) is 4.70. The molecule has 0 aliphatic carbocycles. The second-order valence-corrected chi connectivity index (χ2v) is 10.5. The van der Waals surface area contributed by atoms with Crippen molar-refractivity contribution in [2.75, 3.05) is 0 Å². The van der Waals surface area contributed by atoms with Crippen LogP contribution in [0, 0.1) is 0 Å². The van der Waals surface area contributed by atoms with Gasteiger partial charge in [0.15, 0.2) is 0 Å². The van der Waals surface area contributed by atoms with Gasteiger partial charge < -0.3 is 0 Å². The molecule has 1 nitrogen and oxygen atoms in total. The van der Waals surface area contributed by atoms with Gasteiger partial charge in [-0.1, -0.05) is 0 Å². The Morgan fingerprint density at radius 3 is 2.25 bits per heavy atom. The Morgan fingerprint density at radius 2 is 1.33 bits per heavy atom. The number of rotatable bonds is 0. The van der Waals surface area contributed by atoms with Crippen LogP contribution in [0.5, 0.6) is 0 Å². The molecule has 3 heteroatoms. The van der Waals surface area contributed by atoms with Gasteiger partial charge in [-0.15, -0.1) is 0 Å². The molecule has 6 rings (SSSR count). The number of aromatic nitrogens is 1. The fourth-order valence-electron chi connectivity index (χ4n) is 3.66. The van der Waals surface area contributed by atoms with Gasteiger partial charge in [0, 0.05) is 0 Å². The fourth-order valence-corrected chi connectivity index (χ4v) is 9.01. The van der Waals surface area contributed by atoms with E-state index in [0.29, 0.717) is 14.5 Å². The Hall–Kier alpha value is -1.89. The van der Waals surface area contributed by atoms with Crippen LogP contribution in [0.3, 0.4) is 0 Å². The molecule has 3 aromatic carbocycles. The van der Waals surface area contributed by atoms with Crippen molar-refractivity contribution in [1.29, 1.82) is 0 Å². The zero-order chi connectivity index (χ0) is 15.7. The topological polar surface area (TPSA) is 12.9 Å². The first-order valence-corrected chi connectivity index (χ1v) is 11.3. The Kier molecular flexibility index (Phi) is 2.69. The van der Waals surface area contributed by atoms with E-state index in [-0.39, 0.29) is 14.5 Å². The van der Waals surface area contributed by atoms with E-state index < -0.39 is 0 Å². The molecule has 0 atom stereocenters. The Balaban J connectivity index is 2.08. The molecule has 24 heavy (non-hydrogen) atoms. The summed E-state index contributed by atoms with van der Waals surface area (Å²) in [6.07, 6.45) is 2.04. The van der Waals surface area contributed by atoms with E-state index in [9.17, 15) is 0 Å². The Bertz CT molecular complexity index is 1410. The van der Waals surface area contributed by atoms with E-state index in [4.69, 9.17) is 4.98 Å². The summed E-state index contributed by atoms with van der Waals surface area (Å²) in [6.45, 7) is 0. The second-order valence-electron chi connectivity index (χ2n) is 6.04. The van der Waals surface area contributed by atoms with Gasteiger partial charge in [0.2, 0.25) is 0 Å². The molecule has 0 N–H and O–H groups in total. The zero-order valence-corrected chi connectivity index (χ0v) is 16.0. The quantitative estimate of drug-likeness (QED) is 0.308. The minimum absolute atomic E-state index is 0.283. The van der Waals surface area contributed by atoms with Crippen molar-refractivity contribution in [2.24, 2.45) is 0 Å². The van der Waals surface area contributed by atoms with Crippen molar-refractivity contribution in [2.45, 2.75) is 0 Å². The van der Waals surface area contributed by atoms with Gasteiger partial charge in [0.05, 0.1) is 0 Å². The molecule has 3 heterocycles. The number of fused-ring (bicyclic) bond motifs is 4. The van der Waals surface area contributed by atoms with Crippen LogP contribution in [-0.2, 0) is 0 Å². The molecule has 0 unspecified atom stereocenters. The molecular weight excluding hydrogens is 424 g/mol. The maximum atomic E-state index is 4.92. The first-order valence-electron chi connectivity index (χ1n) is 7.90. The first-order chi connectivity index (χ1) is 11.9. The predicted octanol–water partition coefficient (Wildman–Crippen LogP) is 4.96. The standard InChI is InChI=1S/C21H11NSe2/c1-2-6-13-12(5-1)11-22-20-14-7-3-8-15-18(14)19-16(23-15)9-4-10-17(19)24-21(13)20/h1-11H. The van der Waals surface area contributed by atoms with E-state index in [2.05, 4.69) is 60.7 Å². The van der Waals surface area contributed by atoms with Crippen molar-refractivity contribution >= 4 is 78.5 Å². The molecule has 0 saturated heterocycles. The molecule has 0 spiro atoms. The summed E-state index contributed by atoms with van der Waals surface area (Å²) >= 11 is 0.715. The average molecular weight is 435 g/mol. The van der Waals surface area contributed by atoms with E-state index >= 15 is 0 Å². The van der Waals surface area contributed by atoms with Crippen LogP contribution in [0.1, 0.15) is 0 Å². The molecule has 0 saturated carbocycles. The van der Waals surface area contributed by atoms with Crippen molar-refractivity contribution < 1.29 is 0 Å². The molecular formula is C21H11NSe2. The molecule has 0 aliphatic heterocycles. The molecule has 6 aromatic rings. The molecule has 0 fully saturated rings. The normalized spacial score (nSPS) is 12.2.